The van der Waals surface area contributed by atoms with Gasteiger partial charge in [-0.2, -0.15) is 0 Å². The molecule has 0 amide bonds. The Morgan fingerprint density at radius 2 is 1.90 bits per heavy atom. The second kappa shape index (κ2) is 7.47. The van der Waals surface area contributed by atoms with Crippen LogP contribution >= 0.6 is 0 Å². The van der Waals surface area contributed by atoms with Crippen molar-refractivity contribution in [1.29, 1.82) is 0 Å². The van der Waals surface area contributed by atoms with Crippen LogP contribution in [-0.4, -0.2) is 24.8 Å². The van der Waals surface area contributed by atoms with E-state index in [1.165, 1.54) is 16.3 Å². The Kier molecular flexibility index (Phi) is 5.34. The summed E-state index contributed by atoms with van der Waals surface area (Å²) in [7, 11) is 2.06. The van der Waals surface area contributed by atoms with Gasteiger partial charge in [-0.15, -0.1) is 5.92 Å². The van der Waals surface area contributed by atoms with Gasteiger partial charge in [-0.05, 0) is 29.4 Å². The lowest BCUT2D eigenvalue weighted by Crippen LogP contribution is -2.17. The smallest absolute Gasteiger partial charge is 0.120 e. The van der Waals surface area contributed by atoms with Gasteiger partial charge >= 0.3 is 0 Å². The zero-order valence-electron chi connectivity index (χ0n) is 11.8. The molecule has 0 fully saturated rings. The first-order valence-corrected chi connectivity index (χ1v) is 6.85. The molecule has 2 nitrogen and oxygen atoms in total. The number of fused-ring (bicyclic) bond motifs is 1. The first-order valence-electron chi connectivity index (χ1n) is 6.85. The number of nitrogens with zero attached hydrogens (tertiary/aromatic N) is 1. The van der Waals surface area contributed by atoms with Gasteiger partial charge < -0.3 is 4.79 Å². The normalized spacial score (nSPS) is 10.3. The molecule has 0 aromatic heterocycles. The molecule has 0 N–H and O–H groups in total. The van der Waals surface area contributed by atoms with Crippen LogP contribution in [0.4, 0.5) is 0 Å². The van der Waals surface area contributed by atoms with Gasteiger partial charge in [0.05, 0.1) is 6.54 Å². The maximum atomic E-state index is 10.2. The van der Waals surface area contributed by atoms with Crippen LogP contribution in [-0.2, 0) is 11.3 Å². The highest BCUT2D eigenvalue weighted by molar-refractivity contribution is 5.82. The van der Waals surface area contributed by atoms with E-state index >= 15 is 0 Å². The van der Waals surface area contributed by atoms with Crippen LogP contribution in [0.2, 0.25) is 0 Å². The van der Waals surface area contributed by atoms with Crippen molar-refractivity contribution < 1.29 is 4.79 Å². The standard InChI is InChI=1S/C18H19NO/c1-19(12-6-2-3-7-13-20)15-16-10-11-17-8-4-5-9-18(17)14-16/h4-5,8-11,13-14H,3,7,12,15H2,1H3. The lowest BCUT2D eigenvalue weighted by molar-refractivity contribution is -0.107. The second-order valence-corrected chi connectivity index (χ2v) is 4.91. The quantitative estimate of drug-likeness (QED) is 0.470. The Hall–Kier alpha value is -2.11. The molecule has 2 rings (SSSR count). The highest BCUT2D eigenvalue weighted by Crippen LogP contribution is 2.16. The lowest BCUT2D eigenvalue weighted by Gasteiger charge is -2.13. The largest absolute Gasteiger partial charge is 0.303 e. The number of benzene rings is 2. The van der Waals surface area contributed by atoms with Gasteiger partial charge in [0.1, 0.15) is 6.29 Å². The monoisotopic (exact) mass is 265 g/mol. The van der Waals surface area contributed by atoms with E-state index in [-0.39, 0.29) is 0 Å². The van der Waals surface area contributed by atoms with Crippen molar-refractivity contribution in [2.75, 3.05) is 13.6 Å². The SMILES string of the molecule is CN(CC#CCCC=O)Cc1ccc2ccccc2c1. The number of carbonyl (C=O) groups is 1. The molecule has 2 aromatic rings. The topological polar surface area (TPSA) is 20.3 Å². The summed E-state index contributed by atoms with van der Waals surface area (Å²) in [6, 6.07) is 14.9. The Balaban J connectivity index is 1.93. The van der Waals surface area contributed by atoms with Crippen molar-refractivity contribution in [1.82, 2.24) is 4.90 Å². The van der Waals surface area contributed by atoms with Crippen LogP contribution in [0.3, 0.4) is 0 Å². The van der Waals surface area contributed by atoms with Crippen molar-refractivity contribution in [2.45, 2.75) is 19.4 Å². The van der Waals surface area contributed by atoms with Crippen LogP contribution in [0.15, 0.2) is 42.5 Å². The Bertz CT molecular complexity index is 636. The molecule has 0 unspecified atom stereocenters. The first-order chi connectivity index (χ1) is 9.79. The van der Waals surface area contributed by atoms with Gasteiger partial charge in [0.25, 0.3) is 0 Å². The molecule has 0 aliphatic rings. The molecule has 0 spiro atoms. The Morgan fingerprint density at radius 1 is 1.10 bits per heavy atom. The van der Waals surface area contributed by atoms with Gasteiger partial charge in [-0.3, -0.25) is 4.90 Å². The fourth-order valence-electron chi connectivity index (χ4n) is 2.12. The molecule has 2 aromatic carbocycles. The van der Waals surface area contributed by atoms with Gasteiger partial charge in [-0.25, -0.2) is 0 Å². The highest BCUT2D eigenvalue weighted by atomic mass is 16.1. The average Bonchev–Trinajstić information content (AvgIpc) is 2.47. The maximum absolute atomic E-state index is 10.2. The van der Waals surface area contributed by atoms with E-state index in [0.29, 0.717) is 12.8 Å². The molecule has 0 heterocycles. The van der Waals surface area contributed by atoms with E-state index in [1.807, 2.05) is 0 Å². The third-order valence-electron chi connectivity index (χ3n) is 3.13. The Morgan fingerprint density at radius 3 is 2.70 bits per heavy atom. The molecule has 0 saturated heterocycles. The van der Waals surface area contributed by atoms with Gasteiger partial charge in [-0.1, -0.05) is 42.3 Å². The minimum atomic E-state index is 0.529. The minimum absolute atomic E-state index is 0.529. The van der Waals surface area contributed by atoms with Gasteiger partial charge in [0.15, 0.2) is 0 Å². The van der Waals surface area contributed by atoms with E-state index in [1.54, 1.807) is 0 Å². The maximum Gasteiger partial charge on any atom is 0.120 e. The summed E-state index contributed by atoms with van der Waals surface area (Å²) in [4.78, 5) is 12.4. The van der Waals surface area contributed by atoms with E-state index in [9.17, 15) is 4.79 Å². The first kappa shape index (κ1) is 14.3. The van der Waals surface area contributed by atoms with Crippen LogP contribution in [0.5, 0.6) is 0 Å². The third-order valence-corrected chi connectivity index (χ3v) is 3.13. The van der Waals surface area contributed by atoms with E-state index in [0.717, 1.165) is 19.4 Å². The van der Waals surface area contributed by atoms with Gasteiger partial charge in [0, 0.05) is 19.4 Å². The van der Waals surface area contributed by atoms with Crippen molar-refractivity contribution in [2.24, 2.45) is 0 Å². The van der Waals surface area contributed by atoms with Crippen LogP contribution in [0, 0.1) is 11.8 Å². The summed E-state index contributed by atoms with van der Waals surface area (Å²) in [6.07, 6.45) is 2.10. The molecule has 0 atom stereocenters. The summed E-state index contributed by atoms with van der Waals surface area (Å²) in [6.45, 7) is 1.61. The molecule has 2 heteroatoms. The molecule has 0 radical (unpaired) electrons. The number of carbonyl (C=O) groups excluding carboxylic acids is 1. The summed E-state index contributed by atoms with van der Waals surface area (Å²) in [5.41, 5.74) is 1.29. The molecule has 0 aliphatic heterocycles. The van der Waals surface area contributed by atoms with Gasteiger partial charge in [0.2, 0.25) is 0 Å². The molecular formula is C18H19NO. The summed E-state index contributed by atoms with van der Waals surface area (Å²) in [5.74, 6) is 6.10. The lowest BCUT2D eigenvalue weighted by atomic mass is 10.1. The number of rotatable bonds is 5. The fourth-order valence-corrected chi connectivity index (χ4v) is 2.12. The van der Waals surface area contributed by atoms with Crippen molar-refractivity contribution >= 4 is 17.1 Å². The minimum Gasteiger partial charge on any atom is -0.303 e. The summed E-state index contributed by atoms with van der Waals surface area (Å²) >= 11 is 0. The van der Waals surface area contributed by atoms with Crippen LogP contribution in [0.1, 0.15) is 18.4 Å². The molecule has 20 heavy (non-hydrogen) atoms. The molecule has 102 valence electrons. The fraction of sp³-hybridized carbons (Fsp3) is 0.278. The van der Waals surface area contributed by atoms with E-state index in [2.05, 4.69) is 66.3 Å². The predicted molar refractivity (Wildman–Crippen MR) is 83.4 cm³/mol. The molecule has 0 saturated carbocycles. The zero-order valence-corrected chi connectivity index (χ0v) is 11.8. The van der Waals surface area contributed by atoms with Crippen LogP contribution in [0.25, 0.3) is 10.8 Å². The molecule has 0 aliphatic carbocycles. The number of unbranched alkanes of at least 4 members (excludes halogenated alkanes) is 1. The zero-order chi connectivity index (χ0) is 14.2. The predicted octanol–water partition coefficient (Wildman–Crippen LogP) is 3.25. The van der Waals surface area contributed by atoms with Crippen LogP contribution < -0.4 is 0 Å². The summed E-state index contributed by atoms with van der Waals surface area (Å²) < 4.78 is 0. The number of hydrogen-bond acceptors (Lipinski definition) is 2. The molecular weight excluding hydrogens is 246 g/mol. The number of aldehydes is 1. The number of hydrogen-bond donors (Lipinski definition) is 0. The van der Waals surface area contributed by atoms with Crippen molar-refractivity contribution in [3.8, 4) is 11.8 Å². The second-order valence-electron chi connectivity index (χ2n) is 4.91. The summed E-state index contributed by atoms with van der Waals surface area (Å²) in [5, 5.41) is 2.54. The van der Waals surface area contributed by atoms with E-state index < -0.39 is 0 Å². The third kappa shape index (κ3) is 4.22. The Labute approximate surface area is 120 Å². The van der Waals surface area contributed by atoms with E-state index in [4.69, 9.17) is 0 Å². The molecule has 0 bridgehead atoms. The van der Waals surface area contributed by atoms with Crippen molar-refractivity contribution in [3.05, 3.63) is 48.0 Å². The van der Waals surface area contributed by atoms with Crippen molar-refractivity contribution in [3.63, 3.8) is 0 Å². The average molecular weight is 265 g/mol. The highest BCUT2D eigenvalue weighted by Gasteiger charge is 2.00.